The van der Waals surface area contributed by atoms with E-state index in [0.29, 0.717) is 47.7 Å². The fourth-order valence-corrected chi connectivity index (χ4v) is 3.65. The van der Waals surface area contributed by atoms with Gasteiger partial charge >= 0.3 is 0 Å². The number of nitrogens with two attached hydrogens (primary N) is 1. The normalized spacial score (nSPS) is 10.5. The van der Waals surface area contributed by atoms with E-state index in [1.165, 1.54) is 12.1 Å². The molecule has 2 heterocycles. The van der Waals surface area contributed by atoms with Crippen LogP contribution in [-0.4, -0.2) is 28.3 Å². The molecule has 7 nitrogen and oxygen atoms in total. The maximum Gasteiger partial charge on any atom is 0.255 e. The van der Waals surface area contributed by atoms with Crippen LogP contribution in [-0.2, 0) is 13.0 Å². The summed E-state index contributed by atoms with van der Waals surface area (Å²) in [4.78, 5) is 33.6. The van der Waals surface area contributed by atoms with Crippen LogP contribution >= 0.6 is 0 Å². The summed E-state index contributed by atoms with van der Waals surface area (Å²) < 4.78 is 13.5. The molecule has 0 bridgehead atoms. The maximum atomic E-state index is 13.5. The maximum absolute atomic E-state index is 13.5. The van der Waals surface area contributed by atoms with E-state index in [-0.39, 0.29) is 11.7 Å². The lowest BCUT2D eigenvalue weighted by Crippen LogP contribution is -2.25. The number of anilines is 1. The molecule has 0 saturated heterocycles. The summed E-state index contributed by atoms with van der Waals surface area (Å²) in [5.41, 5.74) is 8.95. The van der Waals surface area contributed by atoms with Gasteiger partial charge in [0, 0.05) is 36.6 Å². The molecule has 0 unspecified atom stereocenters. The van der Waals surface area contributed by atoms with E-state index in [4.69, 9.17) is 5.73 Å². The summed E-state index contributed by atoms with van der Waals surface area (Å²) in [5.74, 6) is -0.839. The minimum Gasteiger partial charge on any atom is -0.369 e. The van der Waals surface area contributed by atoms with Gasteiger partial charge in [-0.25, -0.2) is 9.37 Å². The molecule has 0 fully saturated rings. The molecule has 2 amide bonds. The van der Waals surface area contributed by atoms with Gasteiger partial charge in [-0.2, -0.15) is 0 Å². The summed E-state index contributed by atoms with van der Waals surface area (Å²) >= 11 is 0. The Hall–Kier alpha value is -4.59. The van der Waals surface area contributed by atoms with E-state index in [9.17, 15) is 14.0 Å². The molecule has 0 spiro atoms. The van der Waals surface area contributed by atoms with Crippen LogP contribution in [0.4, 0.5) is 10.2 Å². The minimum atomic E-state index is -0.568. The third-order valence-electron chi connectivity index (χ3n) is 5.38. The number of nitrogens with zero attached hydrogens (tertiary/aromatic N) is 2. The Morgan fingerprint density at radius 2 is 1.74 bits per heavy atom. The number of rotatable bonds is 9. The molecule has 0 aliphatic carbocycles. The third-order valence-corrected chi connectivity index (χ3v) is 5.38. The molecule has 4 aromatic rings. The Bertz CT molecular complexity index is 1340. The Morgan fingerprint density at radius 1 is 0.914 bits per heavy atom. The second kappa shape index (κ2) is 11.0. The Kier molecular flexibility index (Phi) is 7.42. The van der Waals surface area contributed by atoms with Crippen LogP contribution in [0.2, 0.25) is 0 Å². The van der Waals surface area contributed by atoms with Gasteiger partial charge in [0.2, 0.25) is 5.91 Å². The van der Waals surface area contributed by atoms with E-state index >= 15 is 0 Å². The van der Waals surface area contributed by atoms with Crippen LogP contribution < -0.4 is 16.4 Å². The number of carbonyl (C=O) groups is 2. The second-order valence-electron chi connectivity index (χ2n) is 7.85. The first kappa shape index (κ1) is 23.6. The molecular formula is C27H24FN5O2. The first-order chi connectivity index (χ1) is 17.0. The van der Waals surface area contributed by atoms with Gasteiger partial charge in [0.15, 0.2) is 0 Å². The smallest absolute Gasteiger partial charge is 0.255 e. The quantitative estimate of drug-likeness (QED) is 0.344. The zero-order chi connectivity index (χ0) is 24.6. The van der Waals surface area contributed by atoms with E-state index in [1.807, 2.05) is 12.1 Å². The molecule has 0 aliphatic rings. The van der Waals surface area contributed by atoms with Crippen LogP contribution in [0.1, 0.15) is 31.8 Å². The molecule has 4 N–H and O–H groups in total. The molecule has 0 atom stereocenters. The molecule has 0 radical (unpaired) electrons. The van der Waals surface area contributed by atoms with Crippen molar-refractivity contribution in [2.75, 3.05) is 11.9 Å². The largest absolute Gasteiger partial charge is 0.369 e. The Balaban J connectivity index is 1.60. The van der Waals surface area contributed by atoms with Gasteiger partial charge in [-0.1, -0.05) is 36.4 Å². The summed E-state index contributed by atoms with van der Waals surface area (Å²) in [6.07, 6.45) is 3.87. The molecule has 8 heteroatoms. The minimum absolute atomic E-state index is 0.304. The number of halogens is 1. The van der Waals surface area contributed by atoms with Crippen molar-refractivity contribution in [2.45, 2.75) is 13.0 Å². The number of nitrogens with one attached hydrogen (secondary N) is 2. The van der Waals surface area contributed by atoms with Gasteiger partial charge in [-0.3, -0.25) is 14.6 Å². The molecule has 35 heavy (non-hydrogen) atoms. The number of aromatic nitrogens is 2. The van der Waals surface area contributed by atoms with Gasteiger partial charge in [-0.05, 0) is 53.9 Å². The number of primary amides is 1. The lowest BCUT2D eigenvalue weighted by atomic mass is 10.0. The summed E-state index contributed by atoms with van der Waals surface area (Å²) in [6, 6.07) is 20.2. The summed E-state index contributed by atoms with van der Waals surface area (Å²) in [7, 11) is 0. The van der Waals surface area contributed by atoms with Gasteiger partial charge in [0.05, 0.1) is 11.3 Å². The lowest BCUT2D eigenvalue weighted by molar-refractivity contribution is 0.0950. The summed E-state index contributed by atoms with van der Waals surface area (Å²) in [6.45, 7) is 0.724. The van der Waals surface area contributed by atoms with E-state index in [0.717, 1.165) is 11.1 Å². The highest BCUT2D eigenvalue weighted by Gasteiger charge is 2.17. The van der Waals surface area contributed by atoms with Crippen molar-refractivity contribution in [3.05, 3.63) is 113 Å². The number of hydrogen-bond acceptors (Lipinski definition) is 5. The average Bonchev–Trinajstić information content (AvgIpc) is 2.88. The molecule has 2 aromatic heterocycles. The van der Waals surface area contributed by atoms with Gasteiger partial charge < -0.3 is 16.4 Å². The average molecular weight is 470 g/mol. The first-order valence-electron chi connectivity index (χ1n) is 11.1. The van der Waals surface area contributed by atoms with Crippen molar-refractivity contribution in [3.63, 3.8) is 0 Å². The molecule has 176 valence electrons. The predicted octanol–water partition coefficient (Wildman–Crippen LogP) is 3.97. The standard InChI is InChI=1S/C27H24FN5O2/c28-20-7-3-5-18(15-20)12-14-31-26-23(27(35)32-17-19-6-4-13-30-16-19)10-11-24(33-26)21-8-1-2-9-22(21)25(29)34/h1-11,13,15-16H,12,14,17H2,(H2,29,34)(H,31,33)(H,32,35). The highest BCUT2D eigenvalue weighted by Crippen LogP contribution is 2.25. The van der Waals surface area contributed by atoms with Crippen LogP contribution in [0, 0.1) is 5.82 Å². The van der Waals surface area contributed by atoms with E-state index in [2.05, 4.69) is 20.6 Å². The van der Waals surface area contributed by atoms with Crippen LogP contribution in [0.25, 0.3) is 11.3 Å². The highest BCUT2D eigenvalue weighted by atomic mass is 19.1. The van der Waals surface area contributed by atoms with Crippen molar-refractivity contribution in [1.82, 2.24) is 15.3 Å². The monoisotopic (exact) mass is 469 g/mol. The molecule has 2 aromatic carbocycles. The van der Waals surface area contributed by atoms with Crippen molar-refractivity contribution >= 4 is 17.6 Å². The van der Waals surface area contributed by atoms with Gasteiger partial charge in [0.25, 0.3) is 5.91 Å². The second-order valence-corrected chi connectivity index (χ2v) is 7.85. The fraction of sp³-hybridized carbons (Fsp3) is 0.111. The summed E-state index contributed by atoms with van der Waals surface area (Å²) in [5, 5.41) is 6.07. The van der Waals surface area contributed by atoms with Crippen LogP contribution in [0.5, 0.6) is 0 Å². The molecule has 4 rings (SSSR count). The number of carbonyl (C=O) groups excluding carboxylic acids is 2. The third kappa shape index (κ3) is 6.05. The van der Waals surface area contributed by atoms with E-state index < -0.39 is 5.91 Å². The van der Waals surface area contributed by atoms with Gasteiger partial charge in [0.1, 0.15) is 11.6 Å². The molecular weight excluding hydrogens is 445 g/mol. The molecule has 0 saturated carbocycles. The number of amides is 2. The predicted molar refractivity (Wildman–Crippen MR) is 132 cm³/mol. The number of hydrogen-bond donors (Lipinski definition) is 3. The number of benzene rings is 2. The topological polar surface area (TPSA) is 110 Å². The SMILES string of the molecule is NC(=O)c1ccccc1-c1ccc(C(=O)NCc2cccnc2)c(NCCc2cccc(F)c2)n1. The van der Waals surface area contributed by atoms with Crippen LogP contribution in [0.3, 0.4) is 0 Å². The fourth-order valence-electron chi connectivity index (χ4n) is 3.65. The zero-order valence-corrected chi connectivity index (χ0v) is 18.9. The first-order valence-corrected chi connectivity index (χ1v) is 11.1. The Labute approximate surface area is 202 Å². The van der Waals surface area contributed by atoms with Crippen molar-refractivity contribution in [1.29, 1.82) is 0 Å². The van der Waals surface area contributed by atoms with Crippen molar-refractivity contribution < 1.29 is 14.0 Å². The van der Waals surface area contributed by atoms with Crippen molar-refractivity contribution in [3.8, 4) is 11.3 Å². The zero-order valence-electron chi connectivity index (χ0n) is 18.9. The highest BCUT2D eigenvalue weighted by molar-refractivity contribution is 6.01. The van der Waals surface area contributed by atoms with E-state index in [1.54, 1.807) is 60.9 Å². The lowest BCUT2D eigenvalue weighted by Gasteiger charge is -2.14. The Morgan fingerprint density at radius 3 is 2.51 bits per heavy atom. The molecule has 0 aliphatic heterocycles. The van der Waals surface area contributed by atoms with Crippen molar-refractivity contribution in [2.24, 2.45) is 5.73 Å². The van der Waals surface area contributed by atoms with Crippen LogP contribution in [0.15, 0.2) is 85.2 Å². The van der Waals surface area contributed by atoms with Gasteiger partial charge in [-0.15, -0.1) is 0 Å². The number of pyridine rings is 2.